The van der Waals surface area contributed by atoms with Crippen LogP contribution in [0.1, 0.15) is 6.42 Å². The van der Waals surface area contributed by atoms with Crippen molar-refractivity contribution >= 4 is 5.91 Å². The van der Waals surface area contributed by atoms with Crippen LogP contribution < -0.4 is 11.1 Å². The van der Waals surface area contributed by atoms with Gasteiger partial charge in [-0.1, -0.05) is 0 Å². The molecule has 0 spiro atoms. The number of nitrogens with zero attached hydrogens (tertiary/aromatic N) is 1. The smallest absolute Gasteiger partial charge is 0.227 e. The Morgan fingerprint density at radius 1 is 1.73 bits per heavy atom. The molecule has 62 valence electrons. The lowest BCUT2D eigenvalue weighted by atomic mass is 10.3. The Kier molecular flexibility index (Phi) is 2.92. The van der Waals surface area contributed by atoms with Gasteiger partial charge in [0, 0.05) is 38.5 Å². The molecular weight excluding hydrogens is 142 g/mol. The van der Waals surface area contributed by atoms with Gasteiger partial charge in [0.15, 0.2) is 0 Å². The fourth-order valence-electron chi connectivity index (χ4n) is 0.960. The molecule has 0 saturated carbocycles. The number of rotatable bonds is 2. The number of nitrogens with one attached hydrogen (secondary N) is 1. The molecule has 0 aromatic carbocycles. The van der Waals surface area contributed by atoms with E-state index in [2.05, 4.69) is 5.32 Å². The van der Waals surface area contributed by atoms with Gasteiger partial charge < -0.3 is 16.0 Å². The van der Waals surface area contributed by atoms with Gasteiger partial charge in [0.25, 0.3) is 0 Å². The summed E-state index contributed by atoms with van der Waals surface area (Å²) in [5, 5.41) is 3.01. The van der Waals surface area contributed by atoms with Crippen molar-refractivity contribution in [3.05, 3.63) is 12.4 Å². The first kappa shape index (κ1) is 8.07. The average Bonchev–Trinajstić information content (AvgIpc) is 2.07. The molecule has 3 N–H and O–H groups in total. The minimum atomic E-state index is 0.102. The molecule has 0 radical (unpaired) electrons. The number of carbonyl (C=O) groups excluding carboxylic acids is 1. The fraction of sp³-hybridized carbons (Fsp3) is 0.571. The highest BCUT2D eigenvalue weighted by atomic mass is 16.2. The van der Waals surface area contributed by atoms with Crippen molar-refractivity contribution in [2.24, 2.45) is 5.73 Å². The zero-order valence-electron chi connectivity index (χ0n) is 6.42. The van der Waals surface area contributed by atoms with Crippen LogP contribution in [0.4, 0.5) is 0 Å². The highest BCUT2D eigenvalue weighted by Gasteiger charge is 2.10. The highest BCUT2D eigenvalue weighted by Crippen LogP contribution is 1.96. The van der Waals surface area contributed by atoms with Crippen molar-refractivity contribution in [3.8, 4) is 0 Å². The van der Waals surface area contributed by atoms with E-state index in [0.29, 0.717) is 13.0 Å². The fourth-order valence-corrected chi connectivity index (χ4v) is 0.960. The minimum Gasteiger partial charge on any atom is -0.388 e. The van der Waals surface area contributed by atoms with E-state index in [0.717, 1.165) is 13.1 Å². The van der Waals surface area contributed by atoms with Crippen molar-refractivity contribution in [1.82, 2.24) is 10.2 Å². The van der Waals surface area contributed by atoms with Gasteiger partial charge in [-0.3, -0.25) is 4.79 Å². The molecule has 4 nitrogen and oxygen atoms in total. The molecule has 0 bridgehead atoms. The van der Waals surface area contributed by atoms with Crippen molar-refractivity contribution in [1.29, 1.82) is 0 Å². The summed E-state index contributed by atoms with van der Waals surface area (Å²) in [5.74, 6) is 0.102. The first-order chi connectivity index (χ1) is 5.34. The lowest BCUT2D eigenvalue weighted by Gasteiger charge is -2.21. The van der Waals surface area contributed by atoms with Gasteiger partial charge in [-0.15, -0.1) is 0 Å². The summed E-state index contributed by atoms with van der Waals surface area (Å²) < 4.78 is 0. The number of nitrogens with two attached hydrogens (primary N) is 1. The highest BCUT2D eigenvalue weighted by molar-refractivity contribution is 5.77. The van der Waals surface area contributed by atoms with Crippen molar-refractivity contribution in [2.45, 2.75) is 6.42 Å². The van der Waals surface area contributed by atoms with Gasteiger partial charge in [-0.2, -0.15) is 0 Å². The predicted molar refractivity (Wildman–Crippen MR) is 42.5 cm³/mol. The van der Waals surface area contributed by atoms with E-state index < -0.39 is 0 Å². The van der Waals surface area contributed by atoms with Crippen LogP contribution in [0.5, 0.6) is 0 Å². The van der Waals surface area contributed by atoms with Crippen LogP contribution in [0.15, 0.2) is 12.4 Å². The van der Waals surface area contributed by atoms with Gasteiger partial charge in [0.05, 0.1) is 0 Å². The molecule has 1 rings (SSSR count). The second kappa shape index (κ2) is 3.98. The molecule has 1 aliphatic rings. The Bertz CT molecular complexity index is 167. The third-order valence-electron chi connectivity index (χ3n) is 1.55. The Morgan fingerprint density at radius 2 is 2.55 bits per heavy atom. The van der Waals surface area contributed by atoms with Gasteiger partial charge in [0.1, 0.15) is 0 Å². The molecule has 0 unspecified atom stereocenters. The standard InChI is InChI=1S/C7H13N3O/c8-2-1-7(11)10-5-3-9-4-6-10/h3,5,9H,1-2,4,6,8H2. The Labute approximate surface area is 66.0 Å². The molecule has 0 atom stereocenters. The first-order valence-electron chi connectivity index (χ1n) is 3.74. The van der Waals surface area contributed by atoms with Crippen LogP contribution in [-0.2, 0) is 4.79 Å². The molecule has 0 saturated heterocycles. The molecule has 11 heavy (non-hydrogen) atoms. The molecule has 0 aromatic heterocycles. The summed E-state index contributed by atoms with van der Waals surface area (Å²) in [6, 6.07) is 0. The summed E-state index contributed by atoms with van der Waals surface area (Å²) in [6.45, 7) is 2.00. The normalized spacial score (nSPS) is 16.3. The number of hydrogen-bond acceptors (Lipinski definition) is 3. The maximum atomic E-state index is 11.2. The SMILES string of the molecule is NCCC(=O)N1C=CNCC1. The van der Waals surface area contributed by atoms with Gasteiger partial charge in [-0.25, -0.2) is 0 Å². The maximum absolute atomic E-state index is 11.2. The van der Waals surface area contributed by atoms with E-state index in [4.69, 9.17) is 5.73 Å². The quantitative estimate of drug-likeness (QED) is 0.551. The topological polar surface area (TPSA) is 58.4 Å². The molecule has 1 heterocycles. The molecule has 1 aliphatic heterocycles. The van der Waals surface area contributed by atoms with Crippen LogP contribution >= 0.6 is 0 Å². The van der Waals surface area contributed by atoms with Gasteiger partial charge in [-0.05, 0) is 0 Å². The van der Waals surface area contributed by atoms with Crippen LogP contribution in [0, 0.1) is 0 Å². The monoisotopic (exact) mass is 155 g/mol. The summed E-state index contributed by atoms with van der Waals surface area (Å²) in [4.78, 5) is 12.8. The second-order valence-corrected chi connectivity index (χ2v) is 2.40. The molecule has 0 aliphatic carbocycles. The van der Waals surface area contributed by atoms with Gasteiger partial charge in [0.2, 0.25) is 5.91 Å². The molecule has 0 aromatic rings. The Balaban J connectivity index is 2.39. The van der Waals surface area contributed by atoms with Crippen LogP contribution in [0.3, 0.4) is 0 Å². The summed E-state index contributed by atoms with van der Waals surface area (Å²) in [6.07, 6.45) is 3.96. The lowest BCUT2D eigenvalue weighted by Crippen LogP contribution is -2.36. The average molecular weight is 155 g/mol. The third-order valence-corrected chi connectivity index (χ3v) is 1.55. The van der Waals surface area contributed by atoms with E-state index in [1.165, 1.54) is 0 Å². The summed E-state index contributed by atoms with van der Waals surface area (Å²) in [7, 11) is 0. The zero-order valence-corrected chi connectivity index (χ0v) is 6.42. The lowest BCUT2D eigenvalue weighted by molar-refractivity contribution is -0.128. The van der Waals surface area contributed by atoms with E-state index >= 15 is 0 Å². The van der Waals surface area contributed by atoms with Crippen molar-refractivity contribution in [3.63, 3.8) is 0 Å². The summed E-state index contributed by atoms with van der Waals surface area (Å²) in [5.41, 5.74) is 5.25. The summed E-state index contributed by atoms with van der Waals surface area (Å²) >= 11 is 0. The Morgan fingerprint density at radius 3 is 3.09 bits per heavy atom. The van der Waals surface area contributed by atoms with E-state index in [9.17, 15) is 4.79 Å². The largest absolute Gasteiger partial charge is 0.388 e. The van der Waals surface area contributed by atoms with Crippen molar-refractivity contribution in [2.75, 3.05) is 19.6 Å². The number of carbonyl (C=O) groups is 1. The van der Waals surface area contributed by atoms with E-state index in [1.807, 2.05) is 0 Å². The van der Waals surface area contributed by atoms with E-state index in [-0.39, 0.29) is 5.91 Å². The molecule has 4 heteroatoms. The molecular formula is C7H13N3O. The Hall–Kier alpha value is -1.03. The van der Waals surface area contributed by atoms with E-state index in [1.54, 1.807) is 17.3 Å². The second-order valence-electron chi connectivity index (χ2n) is 2.40. The number of amides is 1. The van der Waals surface area contributed by atoms with Crippen LogP contribution in [0.25, 0.3) is 0 Å². The minimum absolute atomic E-state index is 0.102. The molecule has 0 fully saturated rings. The van der Waals surface area contributed by atoms with Crippen LogP contribution in [-0.4, -0.2) is 30.4 Å². The third kappa shape index (κ3) is 2.23. The molecule has 1 amide bonds. The zero-order chi connectivity index (χ0) is 8.10. The van der Waals surface area contributed by atoms with Crippen LogP contribution in [0.2, 0.25) is 0 Å². The number of hydrogen-bond donors (Lipinski definition) is 2. The van der Waals surface area contributed by atoms with Crippen molar-refractivity contribution < 1.29 is 4.79 Å². The first-order valence-corrected chi connectivity index (χ1v) is 3.74. The van der Waals surface area contributed by atoms with Gasteiger partial charge >= 0.3 is 0 Å². The maximum Gasteiger partial charge on any atom is 0.227 e. The predicted octanol–water partition coefficient (Wildman–Crippen LogP) is -0.762.